The van der Waals surface area contributed by atoms with Crippen LogP contribution in [0.15, 0.2) is 18.2 Å². The molecule has 19 heavy (non-hydrogen) atoms. The Morgan fingerprint density at radius 3 is 2.74 bits per heavy atom. The molecule has 106 valence electrons. The number of nitrogens with zero attached hydrogens (tertiary/aromatic N) is 2. The Balaban J connectivity index is 2.17. The van der Waals surface area contributed by atoms with Crippen LogP contribution in [0.5, 0.6) is 0 Å². The van der Waals surface area contributed by atoms with Crippen LogP contribution in [-0.2, 0) is 5.33 Å². The molecular weight excluding hydrogens is 324 g/mol. The van der Waals surface area contributed by atoms with Gasteiger partial charge in [-0.05, 0) is 31.1 Å². The summed E-state index contributed by atoms with van der Waals surface area (Å²) in [6.45, 7) is 8.93. The first-order chi connectivity index (χ1) is 9.21. The molecule has 1 atom stereocenters. The summed E-state index contributed by atoms with van der Waals surface area (Å²) in [4.78, 5) is 4.99. The quantitative estimate of drug-likeness (QED) is 0.740. The van der Waals surface area contributed by atoms with E-state index in [1.54, 1.807) is 0 Å². The molecule has 0 saturated carbocycles. The highest BCUT2D eigenvalue weighted by Gasteiger charge is 2.28. The molecule has 2 rings (SSSR count). The van der Waals surface area contributed by atoms with Crippen LogP contribution in [0.2, 0.25) is 5.02 Å². The Bertz CT molecular complexity index is 421. The molecule has 1 fully saturated rings. The van der Waals surface area contributed by atoms with E-state index in [4.69, 9.17) is 11.6 Å². The fraction of sp³-hybridized carbons (Fsp3) is 0.600. The van der Waals surface area contributed by atoms with Crippen molar-refractivity contribution in [1.29, 1.82) is 0 Å². The van der Waals surface area contributed by atoms with Crippen molar-refractivity contribution < 1.29 is 0 Å². The fourth-order valence-electron chi connectivity index (χ4n) is 3.00. The normalized spacial score (nSPS) is 19.4. The average molecular weight is 346 g/mol. The molecular formula is C15H22BrClN2. The summed E-state index contributed by atoms with van der Waals surface area (Å²) in [5.41, 5.74) is 2.50. The Hall–Kier alpha value is -0.250. The Kier molecular flexibility index (Phi) is 5.55. The maximum absolute atomic E-state index is 6.41. The van der Waals surface area contributed by atoms with Gasteiger partial charge in [-0.15, -0.1) is 0 Å². The van der Waals surface area contributed by atoms with Crippen LogP contribution in [0.25, 0.3) is 0 Å². The maximum Gasteiger partial charge on any atom is 0.0642 e. The molecule has 0 spiro atoms. The number of hydrogen-bond acceptors (Lipinski definition) is 2. The van der Waals surface area contributed by atoms with Gasteiger partial charge in [-0.1, -0.05) is 53.5 Å². The topological polar surface area (TPSA) is 6.48 Å². The standard InChI is InChI=1S/C15H22BrClN2/c1-3-18(4-2)13-8-9-19(11-13)15-12(10-16)6-5-7-14(15)17/h5-7,13H,3-4,8-11H2,1-2H3. The minimum atomic E-state index is 0.662. The number of benzene rings is 1. The van der Waals surface area contributed by atoms with E-state index in [-0.39, 0.29) is 0 Å². The van der Waals surface area contributed by atoms with Crippen molar-refractivity contribution in [3.05, 3.63) is 28.8 Å². The van der Waals surface area contributed by atoms with E-state index in [1.165, 1.54) is 17.7 Å². The van der Waals surface area contributed by atoms with Gasteiger partial charge in [0.25, 0.3) is 0 Å². The SMILES string of the molecule is CCN(CC)C1CCN(c2c(Cl)cccc2CBr)C1. The zero-order chi connectivity index (χ0) is 13.8. The van der Waals surface area contributed by atoms with Crippen LogP contribution in [0.3, 0.4) is 0 Å². The first-order valence-electron chi connectivity index (χ1n) is 7.03. The summed E-state index contributed by atoms with van der Waals surface area (Å²) in [5.74, 6) is 0. The van der Waals surface area contributed by atoms with E-state index >= 15 is 0 Å². The van der Waals surface area contributed by atoms with Gasteiger partial charge in [0.15, 0.2) is 0 Å². The summed E-state index contributed by atoms with van der Waals surface area (Å²) in [6.07, 6.45) is 1.23. The van der Waals surface area contributed by atoms with E-state index < -0.39 is 0 Å². The van der Waals surface area contributed by atoms with E-state index in [9.17, 15) is 0 Å². The second-order valence-corrected chi connectivity index (χ2v) is 5.96. The third-order valence-corrected chi connectivity index (χ3v) is 4.93. The van der Waals surface area contributed by atoms with Crippen molar-refractivity contribution in [3.63, 3.8) is 0 Å². The molecule has 0 bridgehead atoms. The van der Waals surface area contributed by atoms with Gasteiger partial charge in [0.2, 0.25) is 0 Å². The summed E-state index contributed by atoms with van der Waals surface area (Å²) in [6, 6.07) is 6.84. The van der Waals surface area contributed by atoms with Gasteiger partial charge in [-0.3, -0.25) is 4.90 Å². The lowest BCUT2D eigenvalue weighted by molar-refractivity contribution is 0.232. The second-order valence-electron chi connectivity index (χ2n) is 4.99. The number of alkyl halides is 1. The third-order valence-electron chi connectivity index (χ3n) is 4.02. The van der Waals surface area contributed by atoms with Gasteiger partial charge in [-0.25, -0.2) is 0 Å². The zero-order valence-corrected chi connectivity index (χ0v) is 14.0. The highest BCUT2D eigenvalue weighted by atomic mass is 79.9. The summed E-state index contributed by atoms with van der Waals surface area (Å²) < 4.78 is 0. The molecule has 1 heterocycles. The number of hydrogen-bond donors (Lipinski definition) is 0. The molecule has 0 radical (unpaired) electrons. The number of halogens is 2. The van der Waals surface area contributed by atoms with E-state index in [2.05, 4.69) is 45.6 Å². The van der Waals surface area contributed by atoms with E-state index in [0.29, 0.717) is 6.04 Å². The van der Waals surface area contributed by atoms with E-state index in [1.807, 2.05) is 12.1 Å². The van der Waals surface area contributed by atoms with Gasteiger partial charge >= 0.3 is 0 Å². The first kappa shape index (κ1) is 15.1. The zero-order valence-electron chi connectivity index (χ0n) is 11.7. The molecule has 1 saturated heterocycles. The lowest BCUT2D eigenvalue weighted by atomic mass is 10.2. The lowest BCUT2D eigenvalue weighted by Crippen LogP contribution is -2.37. The Labute approximate surface area is 129 Å². The second kappa shape index (κ2) is 6.96. The van der Waals surface area contributed by atoms with Crippen LogP contribution in [0, 0.1) is 0 Å². The first-order valence-corrected chi connectivity index (χ1v) is 8.53. The van der Waals surface area contributed by atoms with Gasteiger partial charge in [-0.2, -0.15) is 0 Å². The number of rotatable bonds is 5. The van der Waals surface area contributed by atoms with Crippen LogP contribution in [0.4, 0.5) is 5.69 Å². The molecule has 1 aliphatic heterocycles. The van der Waals surface area contributed by atoms with Crippen molar-refractivity contribution in [3.8, 4) is 0 Å². The van der Waals surface area contributed by atoms with Gasteiger partial charge in [0.05, 0.1) is 10.7 Å². The third kappa shape index (κ3) is 3.26. The van der Waals surface area contributed by atoms with Crippen LogP contribution < -0.4 is 4.90 Å². The Morgan fingerprint density at radius 1 is 1.37 bits per heavy atom. The lowest BCUT2D eigenvalue weighted by Gasteiger charge is -2.27. The van der Waals surface area contributed by atoms with Gasteiger partial charge in [0, 0.05) is 24.5 Å². The molecule has 1 unspecified atom stereocenters. The molecule has 0 N–H and O–H groups in total. The number of anilines is 1. The van der Waals surface area contributed by atoms with Crippen molar-refractivity contribution in [2.24, 2.45) is 0 Å². The molecule has 0 amide bonds. The number of para-hydroxylation sites is 1. The number of likely N-dealkylation sites (N-methyl/N-ethyl adjacent to an activating group) is 1. The maximum atomic E-state index is 6.41. The average Bonchev–Trinajstić information content (AvgIpc) is 2.89. The molecule has 0 aromatic heterocycles. The van der Waals surface area contributed by atoms with Crippen molar-refractivity contribution >= 4 is 33.2 Å². The highest BCUT2D eigenvalue weighted by molar-refractivity contribution is 9.08. The minimum Gasteiger partial charge on any atom is -0.368 e. The van der Waals surface area contributed by atoms with Crippen molar-refractivity contribution in [2.45, 2.75) is 31.6 Å². The molecule has 1 aromatic carbocycles. The Morgan fingerprint density at radius 2 is 2.11 bits per heavy atom. The summed E-state index contributed by atoms with van der Waals surface area (Å²) in [7, 11) is 0. The largest absolute Gasteiger partial charge is 0.368 e. The highest BCUT2D eigenvalue weighted by Crippen LogP contribution is 2.34. The molecule has 2 nitrogen and oxygen atoms in total. The van der Waals surface area contributed by atoms with Gasteiger partial charge in [0.1, 0.15) is 0 Å². The fourth-order valence-corrected chi connectivity index (χ4v) is 3.77. The molecule has 1 aliphatic rings. The molecule has 4 heteroatoms. The van der Waals surface area contributed by atoms with Crippen LogP contribution >= 0.6 is 27.5 Å². The van der Waals surface area contributed by atoms with Crippen LogP contribution in [-0.4, -0.2) is 37.1 Å². The molecule has 1 aromatic rings. The minimum absolute atomic E-state index is 0.662. The monoisotopic (exact) mass is 344 g/mol. The van der Waals surface area contributed by atoms with E-state index in [0.717, 1.165) is 36.5 Å². The van der Waals surface area contributed by atoms with Crippen LogP contribution in [0.1, 0.15) is 25.8 Å². The predicted molar refractivity (Wildman–Crippen MR) is 87.6 cm³/mol. The van der Waals surface area contributed by atoms with Crippen molar-refractivity contribution in [1.82, 2.24) is 4.90 Å². The smallest absolute Gasteiger partial charge is 0.0642 e. The predicted octanol–water partition coefficient (Wildman–Crippen LogP) is 4.16. The summed E-state index contributed by atoms with van der Waals surface area (Å²) >= 11 is 9.97. The van der Waals surface area contributed by atoms with Crippen molar-refractivity contribution in [2.75, 3.05) is 31.1 Å². The molecule has 0 aliphatic carbocycles. The summed E-state index contributed by atoms with van der Waals surface area (Å²) in [5, 5.41) is 1.73. The van der Waals surface area contributed by atoms with Gasteiger partial charge < -0.3 is 4.90 Å².